The Kier molecular flexibility index (Phi) is 3.74. The fourth-order valence-corrected chi connectivity index (χ4v) is 2.03. The lowest BCUT2D eigenvalue weighted by molar-refractivity contribution is -0.394. The van der Waals surface area contributed by atoms with Crippen LogP contribution in [-0.2, 0) is 0 Å². The molecule has 0 aromatic carbocycles. The Morgan fingerprint density at radius 1 is 1.53 bits per heavy atom. The van der Waals surface area contributed by atoms with Crippen molar-refractivity contribution in [3.8, 4) is 11.8 Å². The molecule has 0 aliphatic rings. The van der Waals surface area contributed by atoms with Crippen molar-refractivity contribution >= 4 is 29.7 Å². The summed E-state index contributed by atoms with van der Waals surface area (Å²) in [6, 6.07) is 1.76. The number of rotatable bonds is 2. The van der Waals surface area contributed by atoms with Gasteiger partial charge in [0.15, 0.2) is 4.88 Å². The summed E-state index contributed by atoms with van der Waals surface area (Å²) in [7, 11) is 1.72. The molecule has 1 aromatic rings. The Morgan fingerprint density at radius 3 is 2.47 bits per heavy atom. The van der Waals surface area contributed by atoms with Crippen molar-refractivity contribution in [3.63, 3.8) is 0 Å². The first kappa shape index (κ1) is 13.5. The molecule has 0 atom stereocenters. The Bertz CT molecular complexity index is 492. The van der Waals surface area contributed by atoms with Gasteiger partial charge in [0.05, 0.1) is 4.88 Å². The van der Waals surface area contributed by atoms with Crippen molar-refractivity contribution in [2.24, 2.45) is 5.41 Å². The second kappa shape index (κ2) is 4.72. The maximum absolute atomic E-state index is 11.0. The van der Waals surface area contributed by atoms with E-state index >= 15 is 0 Å². The van der Waals surface area contributed by atoms with E-state index in [9.17, 15) is 4.79 Å². The monoisotopic (exact) mass is 250 g/mol. The fourth-order valence-electron chi connectivity index (χ4n) is 1.13. The molecule has 17 heavy (non-hydrogen) atoms. The Balaban J connectivity index is 3.21. The number of aromatic carboxylic acids is 1. The van der Waals surface area contributed by atoms with E-state index < -0.39 is 5.97 Å². The van der Waals surface area contributed by atoms with Crippen LogP contribution in [0.3, 0.4) is 0 Å². The van der Waals surface area contributed by atoms with Crippen LogP contribution in [0.4, 0.5) is 5.69 Å². The molecule has 0 unspecified atom stereocenters. The highest BCUT2D eigenvalue weighted by Gasteiger charge is 2.20. The molecular formula is C13H16NO2S+. The van der Waals surface area contributed by atoms with Crippen LogP contribution in [0.5, 0.6) is 0 Å². The zero-order valence-corrected chi connectivity index (χ0v) is 11.3. The quantitative estimate of drug-likeness (QED) is 0.498. The van der Waals surface area contributed by atoms with Gasteiger partial charge in [-0.25, -0.2) is 9.37 Å². The third-order valence-electron chi connectivity index (χ3n) is 1.88. The molecule has 4 heteroatoms. The number of hydrogen-bond donors (Lipinski definition) is 1. The summed E-state index contributed by atoms with van der Waals surface area (Å²) >= 11 is 1.18. The summed E-state index contributed by atoms with van der Waals surface area (Å²) in [6.45, 7) is 9.74. The Morgan fingerprint density at radius 2 is 2.12 bits per heavy atom. The van der Waals surface area contributed by atoms with Gasteiger partial charge in [-0.15, -0.1) is 11.3 Å². The van der Waals surface area contributed by atoms with E-state index in [-0.39, 0.29) is 10.3 Å². The van der Waals surface area contributed by atoms with E-state index in [1.807, 2.05) is 20.8 Å². The molecule has 1 heterocycles. The molecular weight excluding hydrogens is 234 g/mol. The molecule has 3 nitrogen and oxygen atoms in total. The number of carbonyl (C=O) groups is 1. The first-order valence-electron chi connectivity index (χ1n) is 5.15. The first-order valence-corrected chi connectivity index (χ1v) is 5.97. The Labute approximate surface area is 105 Å². The van der Waals surface area contributed by atoms with Gasteiger partial charge >= 0.3 is 5.97 Å². The van der Waals surface area contributed by atoms with E-state index in [2.05, 4.69) is 18.6 Å². The highest BCUT2D eigenvalue weighted by molar-refractivity contribution is 7.15. The van der Waals surface area contributed by atoms with Crippen molar-refractivity contribution in [2.45, 2.75) is 20.8 Å². The summed E-state index contributed by atoms with van der Waals surface area (Å²) < 4.78 is 1.54. The predicted molar refractivity (Wildman–Crippen MR) is 70.6 cm³/mol. The van der Waals surface area contributed by atoms with Crippen molar-refractivity contribution in [2.75, 3.05) is 7.05 Å². The van der Waals surface area contributed by atoms with Crippen LogP contribution in [0.1, 0.15) is 35.3 Å². The summed E-state index contributed by atoms with van der Waals surface area (Å²) in [5.41, 5.74) is 0.505. The first-order chi connectivity index (χ1) is 7.70. The van der Waals surface area contributed by atoms with Crippen LogP contribution in [0.15, 0.2) is 6.07 Å². The van der Waals surface area contributed by atoms with E-state index in [1.165, 1.54) is 11.3 Å². The highest BCUT2D eigenvalue weighted by atomic mass is 32.1. The molecule has 0 amide bonds. The van der Waals surface area contributed by atoms with Crippen molar-refractivity contribution < 1.29 is 14.5 Å². The SMILES string of the molecule is C=[N+](C)c1cc(C#CC(C)(C)C)sc1C(=O)O. The summed E-state index contributed by atoms with van der Waals surface area (Å²) in [5, 5.41) is 9.06. The van der Waals surface area contributed by atoms with Crippen molar-refractivity contribution in [1.29, 1.82) is 0 Å². The predicted octanol–water partition coefficient (Wildman–Crippen LogP) is 2.82. The van der Waals surface area contributed by atoms with Crippen molar-refractivity contribution in [3.05, 3.63) is 15.8 Å². The number of hydrogen-bond acceptors (Lipinski definition) is 2. The van der Waals surface area contributed by atoms with Crippen LogP contribution in [0.2, 0.25) is 0 Å². The van der Waals surface area contributed by atoms with Crippen LogP contribution in [-0.4, -0.2) is 29.4 Å². The summed E-state index contributed by atoms with van der Waals surface area (Å²) in [6.07, 6.45) is 0. The summed E-state index contributed by atoms with van der Waals surface area (Å²) in [5.74, 6) is 5.15. The average molecular weight is 250 g/mol. The molecule has 0 saturated heterocycles. The topological polar surface area (TPSA) is 40.3 Å². The number of nitrogens with zero attached hydrogens (tertiary/aromatic N) is 1. The third-order valence-corrected chi connectivity index (χ3v) is 2.91. The van der Waals surface area contributed by atoms with E-state index in [4.69, 9.17) is 5.11 Å². The second-order valence-electron chi connectivity index (χ2n) is 4.83. The number of carboxylic acids is 1. The zero-order valence-electron chi connectivity index (χ0n) is 10.5. The molecule has 1 N–H and O–H groups in total. The number of carboxylic acid groups (broad SMARTS) is 1. The minimum absolute atomic E-state index is 0.0933. The number of thiophene rings is 1. The lowest BCUT2D eigenvalue weighted by atomic mass is 9.98. The van der Waals surface area contributed by atoms with Gasteiger partial charge < -0.3 is 5.11 Å². The molecule has 0 fully saturated rings. The van der Waals surface area contributed by atoms with E-state index in [0.29, 0.717) is 5.69 Å². The van der Waals surface area contributed by atoms with E-state index in [1.54, 1.807) is 17.7 Å². The van der Waals surface area contributed by atoms with Crippen LogP contribution in [0.25, 0.3) is 0 Å². The van der Waals surface area contributed by atoms with Crippen molar-refractivity contribution in [1.82, 2.24) is 0 Å². The van der Waals surface area contributed by atoms with E-state index in [0.717, 1.165) is 4.88 Å². The zero-order chi connectivity index (χ0) is 13.2. The van der Waals surface area contributed by atoms with Gasteiger partial charge in [-0.3, -0.25) is 0 Å². The maximum Gasteiger partial charge on any atom is 0.352 e. The molecule has 0 radical (unpaired) electrons. The van der Waals surface area contributed by atoms with Gasteiger partial charge in [-0.05, 0) is 20.8 Å². The third kappa shape index (κ3) is 3.72. The minimum atomic E-state index is -0.940. The molecule has 0 bridgehead atoms. The average Bonchev–Trinajstić information content (AvgIpc) is 2.57. The molecule has 1 aromatic heterocycles. The largest absolute Gasteiger partial charge is 0.477 e. The second-order valence-corrected chi connectivity index (χ2v) is 5.88. The normalized spacial score (nSPS) is 10.6. The van der Waals surface area contributed by atoms with Crippen LogP contribution in [0, 0.1) is 17.3 Å². The van der Waals surface area contributed by atoms with Crippen LogP contribution >= 0.6 is 11.3 Å². The summed E-state index contributed by atoms with van der Waals surface area (Å²) in [4.78, 5) is 12.1. The minimum Gasteiger partial charge on any atom is -0.477 e. The standard InChI is InChI=1S/C13H15NO2S/c1-13(2,3)7-6-9-8-10(14(4)5)11(17-9)12(15)16/h8H,4H2,1-3,5H3/p+1. The molecule has 0 aliphatic heterocycles. The van der Waals surface area contributed by atoms with Gasteiger partial charge in [0.25, 0.3) is 0 Å². The maximum atomic E-state index is 11.0. The molecule has 0 saturated carbocycles. The van der Waals surface area contributed by atoms with Gasteiger partial charge in [-0.2, -0.15) is 0 Å². The molecule has 0 aliphatic carbocycles. The smallest absolute Gasteiger partial charge is 0.352 e. The lowest BCUT2D eigenvalue weighted by Crippen LogP contribution is -1.99. The van der Waals surface area contributed by atoms with Gasteiger partial charge in [-0.1, -0.05) is 11.8 Å². The lowest BCUT2D eigenvalue weighted by Gasteiger charge is -2.06. The molecule has 0 spiro atoms. The Hall–Kier alpha value is -1.60. The molecule has 1 rings (SSSR count). The van der Waals surface area contributed by atoms with Crippen LogP contribution < -0.4 is 0 Å². The van der Waals surface area contributed by atoms with Gasteiger partial charge in [0.2, 0.25) is 5.69 Å². The van der Waals surface area contributed by atoms with Gasteiger partial charge in [0.1, 0.15) is 13.8 Å². The molecule has 90 valence electrons. The fraction of sp³-hybridized carbons (Fsp3) is 0.385. The van der Waals surface area contributed by atoms with Gasteiger partial charge in [0, 0.05) is 11.5 Å². The highest BCUT2D eigenvalue weighted by Crippen LogP contribution is 2.28.